The van der Waals surface area contributed by atoms with E-state index in [4.69, 9.17) is 5.11 Å². The summed E-state index contributed by atoms with van der Waals surface area (Å²) in [4.78, 5) is 23.8. The molecule has 0 aromatic carbocycles. The van der Waals surface area contributed by atoms with Gasteiger partial charge in [-0.1, -0.05) is 20.8 Å². The van der Waals surface area contributed by atoms with Crippen LogP contribution < -0.4 is 10.6 Å². The Kier molecular flexibility index (Phi) is 5.35. The van der Waals surface area contributed by atoms with Gasteiger partial charge in [-0.3, -0.25) is 9.59 Å². The van der Waals surface area contributed by atoms with Crippen molar-refractivity contribution in [2.45, 2.75) is 59.0 Å². The van der Waals surface area contributed by atoms with Crippen LogP contribution in [-0.2, 0) is 9.59 Å². The minimum absolute atomic E-state index is 0.0338. The van der Waals surface area contributed by atoms with Crippen molar-refractivity contribution in [3.8, 4) is 0 Å². The summed E-state index contributed by atoms with van der Waals surface area (Å²) in [6.07, 6.45) is 2.79. The van der Waals surface area contributed by atoms with Gasteiger partial charge in [-0.2, -0.15) is 0 Å². The third-order valence-corrected chi connectivity index (χ3v) is 3.38. The molecular formula is C14H26N2O3. The molecule has 3 N–H and O–H groups in total. The largest absolute Gasteiger partial charge is 0.396 e. The maximum Gasteiger partial charge on any atom is 0.242 e. The van der Waals surface area contributed by atoms with E-state index in [0.29, 0.717) is 12.3 Å². The molecule has 0 spiro atoms. The van der Waals surface area contributed by atoms with Crippen LogP contribution in [-0.4, -0.2) is 35.6 Å². The Hall–Kier alpha value is -1.10. The molecule has 5 heteroatoms. The predicted octanol–water partition coefficient (Wildman–Crippen LogP) is 0.814. The number of nitrogens with one attached hydrogen (secondary N) is 2. The SMILES string of the molecule is CC(NC(=O)C(C)(C)C)C(=O)NC(CCO)C1CC1. The molecule has 1 aliphatic rings. The van der Waals surface area contributed by atoms with Gasteiger partial charge in [0.25, 0.3) is 0 Å². The molecule has 2 amide bonds. The van der Waals surface area contributed by atoms with Crippen molar-refractivity contribution in [2.24, 2.45) is 11.3 Å². The van der Waals surface area contributed by atoms with Crippen molar-refractivity contribution in [3.05, 3.63) is 0 Å². The molecule has 1 rings (SSSR count). The van der Waals surface area contributed by atoms with Crippen LogP contribution in [0.2, 0.25) is 0 Å². The number of carbonyl (C=O) groups is 2. The number of aliphatic hydroxyl groups is 1. The maximum absolute atomic E-state index is 12.0. The molecule has 1 fully saturated rings. The van der Waals surface area contributed by atoms with Crippen LogP contribution in [0, 0.1) is 11.3 Å². The molecule has 0 aromatic heterocycles. The minimum Gasteiger partial charge on any atom is -0.396 e. The summed E-state index contributed by atoms with van der Waals surface area (Å²) < 4.78 is 0. The normalized spacial score (nSPS) is 18.6. The summed E-state index contributed by atoms with van der Waals surface area (Å²) in [6, 6.07) is -0.516. The van der Waals surface area contributed by atoms with Crippen LogP contribution in [0.3, 0.4) is 0 Å². The summed E-state index contributed by atoms with van der Waals surface area (Å²) in [6.45, 7) is 7.19. The first-order valence-corrected chi connectivity index (χ1v) is 6.98. The topological polar surface area (TPSA) is 78.4 Å². The van der Waals surface area contributed by atoms with Crippen molar-refractivity contribution < 1.29 is 14.7 Å². The summed E-state index contributed by atoms with van der Waals surface area (Å²) >= 11 is 0. The fraction of sp³-hybridized carbons (Fsp3) is 0.857. The number of hydrogen-bond donors (Lipinski definition) is 3. The van der Waals surface area contributed by atoms with Gasteiger partial charge < -0.3 is 15.7 Å². The van der Waals surface area contributed by atoms with Gasteiger partial charge in [0.15, 0.2) is 0 Å². The molecule has 0 saturated heterocycles. The second kappa shape index (κ2) is 6.37. The Balaban J connectivity index is 2.45. The molecule has 0 radical (unpaired) electrons. The molecule has 110 valence electrons. The quantitative estimate of drug-likeness (QED) is 0.668. The van der Waals surface area contributed by atoms with E-state index >= 15 is 0 Å². The average molecular weight is 270 g/mol. The van der Waals surface area contributed by atoms with E-state index in [9.17, 15) is 9.59 Å². The van der Waals surface area contributed by atoms with Gasteiger partial charge in [-0.25, -0.2) is 0 Å². The van der Waals surface area contributed by atoms with Gasteiger partial charge in [-0.05, 0) is 32.1 Å². The number of aliphatic hydroxyl groups excluding tert-OH is 1. The lowest BCUT2D eigenvalue weighted by Gasteiger charge is -2.24. The van der Waals surface area contributed by atoms with Crippen LogP contribution >= 0.6 is 0 Å². The molecule has 0 aromatic rings. The van der Waals surface area contributed by atoms with E-state index in [1.54, 1.807) is 6.92 Å². The smallest absolute Gasteiger partial charge is 0.242 e. The van der Waals surface area contributed by atoms with Crippen molar-refractivity contribution in [1.82, 2.24) is 10.6 Å². The van der Waals surface area contributed by atoms with E-state index in [0.717, 1.165) is 12.8 Å². The van der Waals surface area contributed by atoms with Gasteiger partial charge in [-0.15, -0.1) is 0 Å². The zero-order valence-corrected chi connectivity index (χ0v) is 12.3. The predicted molar refractivity (Wildman–Crippen MR) is 73.4 cm³/mol. The molecule has 1 saturated carbocycles. The van der Waals surface area contributed by atoms with Gasteiger partial charge in [0.2, 0.25) is 11.8 Å². The molecule has 0 heterocycles. The molecule has 19 heavy (non-hydrogen) atoms. The maximum atomic E-state index is 12.0. The number of carbonyl (C=O) groups excluding carboxylic acids is 2. The number of rotatable bonds is 6. The fourth-order valence-electron chi connectivity index (χ4n) is 1.85. The zero-order valence-electron chi connectivity index (χ0n) is 12.3. The van der Waals surface area contributed by atoms with E-state index in [1.165, 1.54) is 0 Å². The van der Waals surface area contributed by atoms with Crippen molar-refractivity contribution in [3.63, 3.8) is 0 Å². The van der Waals surface area contributed by atoms with Gasteiger partial charge in [0.1, 0.15) is 6.04 Å². The lowest BCUT2D eigenvalue weighted by molar-refractivity contribution is -0.133. The van der Waals surface area contributed by atoms with Gasteiger partial charge in [0.05, 0.1) is 0 Å². The Bertz CT molecular complexity index is 332. The Morgan fingerprint density at radius 3 is 2.26 bits per heavy atom. The lowest BCUT2D eigenvalue weighted by Crippen LogP contribution is -2.51. The lowest BCUT2D eigenvalue weighted by atomic mass is 9.95. The molecule has 2 unspecified atom stereocenters. The van der Waals surface area contributed by atoms with E-state index < -0.39 is 11.5 Å². The monoisotopic (exact) mass is 270 g/mol. The molecule has 1 aliphatic carbocycles. The molecule has 0 bridgehead atoms. The van der Waals surface area contributed by atoms with Crippen LogP contribution in [0.25, 0.3) is 0 Å². The first-order valence-electron chi connectivity index (χ1n) is 6.98. The summed E-state index contributed by atoms with van der Waals surface area (Å²) in [5, 5.41) is 14.6. The third-order valence-electron chi connectivity index (χ3n) is 3.38. The van der Waals surface area contributed by atoms with Crippen LogP contribution in [0.5, 0.6) is 0 Å². The molecular weight excluding hydrogens is 244 g/mol. The summed E-state index contributed by atoms with van der Waals surface area (Å²) in [5.74, 6) is 0.171. The van der Waals surface area contributed by atoms with Crippen LogP contribution in [0.15, 0.2) is 0 Å². The number of hydrogen-bond acceptors (Lipinski definition) is 3. The minimum atomic E-state index is -0.549. The zero-order chi connectivity index (χ0) is 14.6. The summed E-state index contributed by atoms with van der Waals surface area (Å²) in [7, 11) is 0. The standard InChI is InChI=1S/C14H26N2O3/c1-9(15-13(19)14(2,3)4)12(18)16-11(7-8-17)10-5-6-10/h9-11,17H,5-8H2,1-4H3,(H,15,19)(H,16,18). The van der Waals surface area contributed by atoms with Crippen molar-refractivity contribution in [2.75, 3.05) is 6.61 Å². The summed E-state index contributed by atoms with van der Waals surface area (Å²) in [5.41, 5.74) is -0.504. The van der Waals surface area contributed by atoms with Crippen molar-refractivity contribution in [1.29, 1.82) is 0 Å². The van der Waals surface area contributed by atoms with E-state index in [-0.39, 0.29) is 24.5 Å². The highest BCUT2D eigenvalue weighted by Crippen LogP contribution is 2.33. The Labute approximate surface area is 115 Å². The second-order valence-electron chi connectivity index (χ2n) is 6.41. The van der Waals surface area contributed by atoms with E-state index in [2.05, 4.69) is 10.6 Å². The van der Waals surface area contributed by atoms with E-state index in [1.807, 2.05) is 20.8 Å². The van der Waals surface area contributed by atoms with Crippen molar-refractivity contribution >= 4 is 11.8 Å². The Morgan fingerprint density at radius 2 is 1.84 bits per heavy atom. The van der Waals surface area contributed by atoms with Gasteiger partial charge >= 0.3 is 0 Å². The Morgan fingerprint density at radius 1 is 1.26 bits per heavy atom. The highest BCUT2D eigenvalue weighted by Gasteiger charge is 2.33. The highest BCUT2D eigenvalue weighted by molar-refractivity contribution is 5.89. The first kappa shape index (κ1) is 16.0. The molecule has 5 nitrogen and oxygen atoms in total. The molecule has 2 atom stereocenters. The van der Waals surface area contributed by atoms with Gasteiger partial charge in [0, 0.05) is 18.1 Å². The average Bonchev–Trinajstić information content (AvgIpc) is 3.10. The van der Waals surface area contributed by atoms with Crippen LogP contribution in [0.4, 0.5) is 0 Å². The fourth-order valence-corrected chi connectivity index (χ4v) is 1.85. The first-order chi connectivity index (χ1) is 8.75. The molecule has 0 aliphatic heterocycles. The van der Waals surface area contributed by atoms with Crippen LogP contribution in [0.1, 0.15) is 47.0 Å². The highest BCUT2D eigenvalue weighted by atomic mass is 16.3. The number of amides is 2. The second-order valence-corrected chi connectivity index (χ2v) is 6.41. The third kappa shape index (κ3) is 5.19.